The molecule has 0 unspecified atom stereocenters. The molecule has 1 N–H and O–H groups in total. The molecular formula is C20H22N2O3. The number of carbonyl (C=O) groups excluding carboxylic acids is 1. The van der Waals surface area contributed by atoms with E-state index in [2.05, 4.69) is 10.3 Å². The number of hydrogen-bond acceptors (Lipinski definition) is 4. The van der Waals surface area contributed by atoms with E-state index in [-0.39, 0.29) is 12.0 Å². The Morgan fingerprint density at radius 2 is 2.08 bits per heavy atom. The first-order chi connectivity index (χ1) is 12.1. The van der Waals surface area contributed by atoms with Crippen molar-refractivity contribution in [3.63, 3.8) is 0 Å². The van der Waals surface area contributed by atoms with Crippen molar-refractivity contribution in [3.05, 3.63) is 54.3 Å². The van der Waals surface area contributed by atoms with Gasteiger partial charge in [-0.25, -0.2) is 4.98 Å². The maximum Gasteiger partial charge on any atom is 0.252 e. The SMILES string of the molecule is CC(C)OCCCNC(=O)c1cc(-c2ccco2)nc2ccccc12. The first-order valence-electron chi connectivity index (χ1n) is 8.48. The molecule has 5 heteroatoms. The molecular weight excluding hydrogens is 316 g/mol. The summed E-state index contributed by atoms with van der Waals surface area (Å²) in [5.74, 6) is 0.529. The van der Waals surface area contributed by atoms with Gasteiger partial charge in [-0.15, -0.1) is 0 Å². The number of amides is 1. The highest BCUT2D eigenvalue weighted by atomic mass is 16.5. The van der Waals surface area contributed by atoms with E-state index in [1.54, 1.807) is 18.4 Å². The number of fused-ring (bicyclic) bond motifs is 1. The lowest BCUT2D eigenvalue weighted by Gasteiger charge is -2.10. The topological polar surface area (TPSA) is 64.4 Å². The van der Waals surface area contributed by atoms with E-state index in [1.165, 1.54) is 0 Å². The Balaban J connectivity index is 1.80. The number of benzene rings is 1. The Morgan fingerprint density at radius 1 is 1.24 bits per heavy atom. The monoisotopic (exact) mass is 338 g/mol. The zero-order valence-electron chi connectivity index (χ0n) is 14.5. The highest BCUT2D eigenvalue weighted by Crippen LogP contribution is 2.25. The van der Waals surface area contributed by atoms with E-state index < -0.39 is 0 Å². The summed E-state index contributed by atoms with van der Waals surface area (Å²) >= 11 is 0. The second-order valence-electron chi connectivity index (χ2n) is 6.08. The van der Waals surface area contributed by atoms with Crippen molar-refractivity contribution >= 4 is 16.8 Å². The van der Waals surface area contributed by atoms with Crippen molar-refractivity contribution < 1.29 is 13.9 Å². The normalized spacial score (nSPS) is 11.2. The Bertz CT molecular complexity index is 841. The molecule has 2 aromatic heterocycles. The molecule has 0 spiro atoms. The Kier molecular flexibility index (Phi) is 5.46. The van der Waals surface area contributed by atoms with Crippen molar-refractivity contribution in [2.24, 2.45) is 0 Å². The maximum atomic E-state index is 12.7. The summed E-state index contributed by atoms with van der Waals surface area (Å²) in [7, 11) is 0. The number of nitrogens with zero attached hydrogens (tertiary/aromatic N) is 1. The quantitative estimate of drug-likeness (QED) is 0.660. The van der Waals surface area contributed by atoms with Gasteiger partial charge >= 0.3 is 0 Å². The van der Waals surface area contributed by atoms with Crippen molar-refractivity contribution in [1.29, 1.82) is 0 Å². The van der Waals surface area contributed by atoms with E-state index in [0.717, 1.165) is 17.3 Å². The molecule has 0 fully saturated rings. The van der Waals surface area contributed by atoms with Crippen molar-refractivity contribution in [1.82, 2.24) is 10.3 Å². The average Bonchev–Trinajstić information content (AvgIpc) is 3.14. The van der Waals surface area contributed by atoms with Crippen LogP contribution in [-0.4, -0.2) is 30.1 Å². The number of aromatic nitrogens is 1. The van der Waals surface area contributed by atoms with Crippen LogP contribution >= 0.6 is 0 Å². The Morgan fingerprint density at radius 3 is 2.84 bits per heavy atom. The molecule has 3 rings (SSSR count). The fourth-order valence-electron chi connectivity index (χ4n) is 2.60. The number of ether oxygens (including phenoxy) is 1. The summed E-state index contributed by atoms with van der Waals surface area (Å²) < 4.78 is 10.9. The molecule has 0 saturated heterocycles. The molecule has 2 heterocycles. The van der Waals surface area contributed by atoms with Gasteiger partial charge < -0.3 is 14.5 Å². The van der Waals surface area contributed by atoms with Gasteiger partial charge in [-0.1, -0.05) is 18.2 Å². The maximum absolute atomic E-state index is 12.7. The summed E-state index contributed by atoms with van der Waals surface area (Å²) in [5.41, 5.74) is 2.02. The largest absolute Gasteiger partial charge is 0.463 e. The molecule has 0 bridgehead atoms. The van der Waals surface area contributed by atoms with E-state index in [1.807, 2.05) is 44.2 Å². The number of rotatable bonds is 7. The fraction of sp³-hybridized carbons (Fsp3) is 0.300. The summed E-state index contributed by atoms with van der Waals surface area (Å²) in [4.78, 5) is 17.3. The minimum Gasteiger partial charge on any atom is -0.463 e. The fourth-order valence-corrected chi connectivity index (χ4v) is 2.60. The number of hydrogen-bond donors (Lipinski definition) is 1. The summed E-state index contributed by atoms with van der Waals surface area (Å²) in [6.45, 7) is 5.20. The average molecular weight is 338 g/mol. The second-order valence-corrected chi connectivity index (χ2v) is 6.08. The minimum atomic E-state index is -0.115. The van der Waals surface area contributed by atoms with E-state index in [9.17, 15) is 4.79 Å². The van der Waals surface area contributed by atoms with Gasteiger partial charge in [0.1, 0.15) is 5.69 Å². The van der Waals surface area contributed by atoms with E-state index in [0.29, 0.717) is 30.2 Å². The Hall–Kier alpha value is -2.66. The van der Waals surface area contributed by atoms with Gasteiger partial charge in [0.2, 0.25) is 0 Å². The first-order valence-corrected chi connectivity index (χ1v) is 8.48. The molecule has 1 amide bonds. The van der Waals surface area contributed by atoms with Crippen molar-refractivity contribution in [3.8, 4) is 11.5 Å². The smallest absolute Gasteiger partial charge is 0.252 e. The molecule has 0 radical (unpaired) electrons. The van der Waals surface area contributed by atoms with Gasteiger partial charge in [-0.2, -0.15) is 0 Å². The van der Waals surface area contributed by atoms with Crippen LogP contribution in [0.3, 0.4) is 0 Å². The standard InChI is InChI=1S/C20H22N2O3/c1-14(2)24-12-6-10-21-20(23)16-13-18(19-9-5-11-25-19)22-17-8-4-3-7-15(16)17/h3-5,7-9,11,13-14H,6,10,12H2,1-2H3,(H,21,23). The molecule has 0 atom stereocenters. The summed E-state index contributed by atoms with van der Waals surface area (Å²) in [6, 6.07) is 13.0. The molecule has 3 aromatic rings. The molecule has 5 nitrogen and oxygen atoms in total. The molecule has 0 aliphatic rings. The molecule has 1 aromatic carbocycles. The molecule has 0 aliphatic heterocycles. The third kappa shape index (κ3) is 4.25. The van der Waals surface area contributed by atoms with Gasteiger partial charge in [0.05, 0.1) is 23.4 Å². The van der Waals surface area contributed by atoms with E-state index in [4.69, 9.17) is 9.15 Å². The van der Waals surface area contributed by atoms with Crippen molar-refractivity contribution in [2.75, 3.05) is 13.2 Å². The van der Waals surface area contributed by atoms with Gasteiger partial charge in [0.15, 0.2) is 5.76 Å². The Labute approximate surface area is 147 Å². The minimum absolute atomic E-state index is 0.115. The summed E-state index contributed by atoms with van der Waals surface area (Å²) in [6.07, 6.45) is 2.58. The zero-order valence-corrected chi connectivity index (χ0v) is 14.5. The van der Waals surface area contributed by atoms with Crippen molar-refractivity contribution in [2.45, 2.75) is 26.4 Å². The number of furan rings is 1. The van der Waals surface area contributed by atoms with Gasteiger partial charge in [-0.05, 0) is 44.5 Å². The van der Waals surface area contributed by atoms with Crippen LogP contribution in [0.25, 0.3) is 22.4 Å². The van der Waals surface area contributed by atoms with Crippen LogP contribution in [0.1, 0.15) is 30.6 Å². The van der Waals surface area contributed by atoms with Crippen LogP contribution in [0.2, 0.25) is 0 Å². The lowest BCUT2D eigenvalue weighted by Crippen LogP contribution is -2.26. The molecule has 0 aliphatic carbocycles. The van der Waals surface area contributed by atoms with E-state index >= 15 is 0 Å². The third-order valence-electron chi connectivity index (χ3n) is 3.79. The number of pyridine rings is 1. The number of para-hydroxylation sites is 1. The molecule has 25 heavy (non-hydrogen) atoms. The number of nitrogens with one attached hydrogen (secondary N) is 1. The highest BCUT2D eigenvalue weighted by molar-refractivity contribution is 6.07. The van der Waals surface area contributed by atoms with Crippen LogP contribution in [0, 0.1) is 0 Å². The summed E-state index contributed by atoms with van der Waals surface area (Å²) in [5, 5.41) is 3.79. The number of carbonyl (C=O) groups is 1. The lowest BCUT2D eigenvalue weighted by molar-refractivity contribution is 0.0757. The van der Waals surface area contributed by atoms with Crippen LogP contribution in [0.5, 0.6) is 0 Å². The predicted molar refractivity (Wildman–Crippen MR) is 97.5 cm³/mol. The van der Waals surface area contributed by atoms with Gasteiger partial charge in [-0.3, -0.25) is 4.79 Å². The van der Waals surface area contributed by atoms with Gasteiger partial charge in [0, 0.05) is 18.5 Å². The van der Waals surface area contributed by atoms with Gasteiger partial charge in [0.25, 0.3) is 5.91 Å². The first kappa shape index (κ1) is 17.2. The lowest BCUT2D eigenvalue weighted by atomic mass is 10.1. The molecule has 130 valence electrons. The third-order valence-corrected chi connectivity index (χ3v) is 3.79. The molecule has 0 saturated carbocycles. The second kappa shape index (κ2) is 7.94. The highest BCUT2D eigenvalue weighted by Gasteiger charge is 2.14. The van der Waals surface area contributed by atoms with Crippen LogP contribution in [0.15, 0.2) is 53.1 Å². The zero-order chi connectivity index (χ0) is 17.6. The van der Waals surface area contributed by atoms with Crippen LogP contribution < -0.4 is 5.32 Å². The van der Waals surface area contributed by atoms with Crippen LogP contribution in [0.4, 0.5) is 0 Å². The predicted octanol–water partition coefficient (Wildman–Crippen LogP) is 4.04. The van der Waals surface area contributed by atoms with Crippen LogP contribution in [-0.2, 0) is 4.74 Å².